The summed E-state index contributed by atoms with van der Waals surface area (Å²) in [6.45, 7) is -0.964. The van der Waals surface area contributed by atoms with Crippen LogP contribution in [-0.4, -0.2) is 49.7 Å². The van der Waals surface area contributed by atoms with Crippen molar-refractivity contribution >= 4 is 44.3 Å². The third kappa shape index (κ3) is 6.91. The molecule has 2 aliphatic carbocycles. The number of anilines is 1. The van der Waals surface area contributed by atoms with Gasteiger partial charge in [0, 0.05) is 42.6 Å². The molecule has 1 unspecified atom stereocenters. The van der Waals surface area contributed by atoms with E-state index in [-0.39, 0.29) is 56.5 Å². The number of sulfonamides is 1. The largest absolute Gasteiger partial charge is 0.344 e. The minimum Gasteiger partial charge on any atom is -0.344 e. The van der Waals surface area contributed by atoms with Gasteiger partial charge in [-0.3, -0.25) is 28.2 Å². The molecule has 1 amide bonds. The van der Waals surface area contributed by atoms with Crippen LogP contribution in [0.5, 0.6) is 0 Å². The molecule has 3 heterocycles. The Hall–Kier alpha value is -5.69. The highest BCUT2D eigenvalue weighted by Gasteiger charge is 2.67. The zero-order valence-corrected chi connectivity index (χ0v) is 31.2. The standard InChI is InChI=1S/C37H29ClF6N8O4S/c1-50-32-26(9-8-23(38)30(32)35(48-50)49-57(2,55)56)52-28(54)15-24(18-6-4-3-5-7-18)46-36(52)25(12-17-10-19(39)13-20(40)11-17)45-27(53)16-51-33-29(31(47-51)34(41)42)21-14-22(21)37(33,43)44/h3-11,13,15,21-22,25,34H,12,14,16H2,1-2H3,(H,45,53)(H,48,49)/t21-,22+,25?/m0/s1. The molecule has 0 saturated heterocycles. The van der Waals surface area contributed by atoms with Gasteiger partial charge in [-0.05, 0) is 42.2 Å². The van der Waals surface area contributed by atoms with E-state index in [1.165, 1.54) is 29.9 Å². The molecule has 20 heteroatoms. The first kappa shape index (κ1) is 38.2. The van der Waals surface area contributed by atoms with Crippen molar-refractivity contribution in [2.24, 2.45) is 13.0 Å². The van der Waals surface area contributed by atoms with Crippen molar-refractivity contribution in [2.75, 3.05) is 11.0 Å². The smallest absolute Gasteiger partial charge is 0.293 e. The molecule has 0 bridgehead atoms. The molecule has 3 atom stereocenters. The topological polar surface area (TPSA) is 146 Å². The lowest BCUT2D eigenvalue weighted by atomic mass is 10.0. The van der Waals surface area contributed by atoms with Gasteiger partial charge in [-0.25, -0.2) is 31.0 Å². The second kappa shape index (κ2) is 13.8. The van der Waals surface area contributed by atoms with Crippen molar-refractivity contribution < 1.29 is 39.6 Å². The summed E-state index contributed by atoms with van der Waals surface area (Å²) in [6.07, 6.45) is -2.72. The fraction of sp³-hybridized carbons (Fsp3) is 0.270. The predicted octanol–water partition coefficient (Wildman–Crippen LogP) is 6.53. The molecule has 6 aromatic rings. The van der Waals surface area contributed by atoms with E-state index in [2.05, 4.69) is 20.2 Å². The van der Waals surface area contributed by atoms with E-state index in [0.717, 1.165) is 23.0 Å². The number of halogens is 7. The second-order valence-electron chi connectivity index (χ2n) is 14.0. The molecule has 0 spiro atoms. The van der Waals surface area contributed by atoms with Crippen LogP contribution in [0.1, 0.15) is 53.1 Å². The normalized spacial score (nSPS) is 17.4. The summed E-state index contributed by atoms with van der Waals surface area (Å²) in [7, 11) is -2.43. The third-order valence-corrected chi connectivity index (χ3v) is 10.8. The summed E-state index contributed by atoms with van der Waals surface area (Å²) in [6, 6.07) is 13.5. The summed E-state index contributed by atoms with van der Waals surface area (Å²) in [4.78, 5) is 33.1. The van der Waals surface area contributed by atoms with Gasteiger partial charge in [0.05, 0.1) is 39.6 Å². The van der Waals surface area contributed by atoms with Gasteiger partial charge < -0.3 is 5.32 Å². The zero-order chi connectivity index (χ0) is 40.7. The molecule has 3 aromatic heterocycles. The molecule has 2 aliphatic rings. The highest BCUT2D eigenvalue weighted by Crippen LogP contribution is 2.68. The van der Waals surface area contributed by atoms with Crippen molar-refractivity contribution in [3.8, 4) is 16.9 Å². The van der Waals surface area contributed by atoms with Crippen LogP contribution >= 0.6 is 11.6 Å². The molecule has 8 rings (SSSR count). The van der Waals surface area contributed by atoms with Crippen LogP contribution in [-0.2, 0) is 40.8 Å². The molecular formula is C37H29ClF6N8O4S. The van der Waals surface area contributed by atoms with Gasteiger partial charge in [0.15, 0.2) is 5.82 Å². The molecule has 1 fully saturated rings. The second-order valence-corrected chi connectivity index (χ2v) is 16.1. The van der Waals surface area contributed by atoms with Crippen molar-refractivity contribution in [1.29, 1.82) is 0 Å². The van der Waals surface area contributed by atoms with Crippen LogP contribution < -0.4 is 15.6 Å². The van der Waals surface area contributed by atoms with E-state index in [1.807, 2.05) is 0 Å². The van der Waals surface area contributed by atoms with Gasteiger partial charge >= 0.3 is 0 Å². The van der Waals surface area contributed by atoms with Gasteiger partial charge in [0.2, 0.25) is 15.9 Å². The Balaban J connectivity index is 1.31. The van der Waals surface area contributed by atoms with Crippen molar-refractivity contribution in [2.45, 2.75) is 43.7 Å². The number of aryl methyl sites for hydroxylation is 1. The van der Waals surface area contributed by atoms with Crippen LogP contribution in [0.2, 0.25) is 5.02 Å². The summed E-state index contributed by atoms with van der Waals surface area (Å²) < 4.78 is 118. The van der Waals surface area contributed by atoms with Crippen LogP contribution in [0.25, 0.3) is 27.8 Å². The van der Waals surface area contributed by atoms with E-state index in [1.54, 1.807) is 30.3 Å². The van der Waals surface area contributed by atoms with Gasteiger partial charge in [-0.2, -0.15) is 19.0 Å². The maximum Gasteiger partial charge on any atom is 0.293 e. The number of benzene rings is 3. The minimum atomic E-state index is -3.88. The SMILES string of the molecule is Cn1nc(NS(C)(=O)=O)c2c(Cl)ccc(-n3c(C(Cc4cc(F)cc(F)c4)NC(=O)Cn4nc(C(F)F)c5c4C(F)(F)[C@@H]4C[C@H]54)nc(-c4ccccc4)cc3=O)c21. The number of nitrogens with zero attached hydrogens (tertiary/aromatic N) is 6. The van der Waals surface area contributed by atoms with Crippen molar-refractivity contribution in [3.05, 3.63) is 122 Å². The zero-order valence-electron chi connectivity index (χ0n) is 29.7. The molecule has 3 aromatic carbocycles. The molecule has 0 radical (unpaired) electrons. The number of hydrogen-bond donors (Lipinski definition) is 2. The first-order valence-corrected chi connectivity index (χ1v) is 19.5. The Morgan fingerprint density at radius 2 is 1.74 bits per heavy atom. The number of hydrogen-bond acceptors (Lipinski definition) is 7. The van der Waals surface area contributed by atoms with Gasteiger partial charge in [-0.1, -0.05) is 41.9 Å². The van der Waals surface area contributed by atoms with E-state index in [4.69, 9.17) is 16.6 Å². The van der Waals surface area contributed by atoms with Crippen LogP contribution in [0.15, 0.2) is 71.5 Å². The van der Waals surface area contributed by atoms with E-state index in [0.29, 0.717) is 16.3 Å². The lowest BCUT2D eigenvalue weighted by Crippen LogP contribution is -2.38. The van der Waals surface area contributed by atoms with Gasteiger partial charge in [-0.15, -0.1) is 0 Å². The lowest BCUT2D eigenvalue weighted by Gasteiger charge is -2.24. The predicted molar refractivity (Wildman–Crippen MR) is 196 cm³/mol. The fourth-order valence-corrected chi connectivity index (χ4v) is 8.38. The molecule has 1 saturated carbocycles. The first-order chi connectivity index (χ1) is 26.9. The Kier molecular flexibility index (Phi) is 9.22. The highest BCUT2D eigenvalue weighted by atomic mass is 35.5. The molecule has 12 nitrogen and oxygen atoms in total. The Bertz CT molecular complexity index is 2770. The molecule has 296 valence electrons. The maximum absolute atomic E-state index is 15.4. The quantitative estimate of drug-likeness (QED) is 0.141. The van der Waals surface area contributed by atoms with E-state index in [9.17, 15) is 35.6 Å². The van der Waals surface area contributed by atoms with E-state index < -0.39 is 87.7 Å². The number of carbonyl (C=O) groups excluding carboxylic acids is 1. The van der Waals surface area contributed by atoms with Gasteiger partial charge in [0.25, 0.3) is 17.9 Å². The minimum absolute atomic E-state index is 0.00523. The Morgan fingerprint density at radius 1 is 1.04 bits per heavy atom. The molecule has 2 N–H and O–H groups in total. The first-order valence-electron chi connectivity index (χ1n) is 17.3. The number of aromatic nitrogens is 6. The van der Waals surface area contributed by atoms with Crippen LogP contribution in [0.4, 0.5) is 32.2 Å². The average molecular weight is 831 g/mol. The number of rotatable bonds is 11. The summed E-state index contributed by atoms with van der Waals surface area (Å²) in [5.74, 6) is -8.91. The van der Waals surface area contributed by atoms with Crippen molar-refractivity contribution in [1.82, 2.24) is 34.4 Å². The summed E-state index contributed by atoms with van der Waals surface area (Å²) >= 11 is 6.56. The third-order valence-electron chi connectivity index (χ3n) is 9.92. The lowest BCUT2D eigenvalue weighted by molar-refractivity contribution is -0.123. The molecular weight excluding hydrogens is 802 g/mol. The number of carbonyl (C=O) groups is 1. The highest BCUT2D eigenvalue weighted by molar-refractivity contribution is 7.92. The molecule has 57 heavy (non-hydrogen) atoms. The number of alkyl halides is 4. The number of amides is 1. The number of nitrogens with one attached hydrogen (secondary N) is 2. The monoisotopic (exact) mass is 830 g/mol. The Labute approximate surface area is 324 Å². The molecule has 0 aliphatic heterocycles. The van der Waals surface area contributed by atoms with Gasteiger partial charge in [0.1, 0.15) is 35.4 Å². The average Bonchev–Trinajstić information content (AvgIpc) is 3.66. The van der Waals surface area contributed by atoms with Crippen LogP contribution in [0.3, 0.4) is 0 Å². The Morgan fingerprint density at radius 3 is 2.40 bits per heavy atom. The number of fused-ring (bicyclic) bond motifs is 4. The maximum atomic E-state index is 15.4. The van der Waals surface area contributed by atoms with Crippen molar-refractivity contribution in [3.63, 3.8) is 0 Å². The fourth-order valence-electron chi connectivity index (χ4n) is 7.64. The summed E-state index contributed by atoms with van der Waals surface area (Å²) in [5, 5.41) is 10.8. The van der Waals surface area contributed by atoms with E-state index >= 15 is 8.78 Å². The summed E-state index contributed by atoms with van der Waals surface area (Å²) in [5.41, 5.74) is -1.93. The van der Waals surface area contributed by atoms with Crippen LogP contribution in [0, 0.1) is 17.6 Å².